The maximum atomic E-state index is 7.00. The maximum absolute atomic E-state index is 7.00. The second kappa shape index (κ2) is 7.48. The van der Waals surface area contributed by atoms with Crippen LogP contribution in [-0.2, 0) is 23.0 Å². The predicted molar refractivity (Wildman–Crippen MR) is 133 cm³/mol. The van der Waals surface area contributed by atoms with Crippen LogP contribution in [0.3, 0.4) is 0 Å². The average molecular weight is 460 g/mol. The Hall–Kier alpha value is -2.04. The van der Waals surface area contributed by atoms with Crippen molar-refractivity contribution < 1.29 is 14.2 Å². The summed E-state index contributed by atoms with van der Waals surface area (Å²) in [6.45, 7) is 4.92. The summed E-state index contributed by atoms with van der Waals surface area (Å²) in [7, 11) is 3.67. The highest BCUT2D eigenvalue weighted by molar-refractivity contribution is 5.61. The average Bonchev–Trinajstić information content (AvgIpc) is 3.59. The number of hydrogen-bond acceptors (Lipinski definition) is 4. The molecule has 180 valence electrons. The van der Waals surface area contributed by atoms with Gasteiger partial charge in [-0.05, 0) is 74.1 Å². The number of ether oxygens (including phenoxy) is 3. The Morgan fingerprint density at radius 3 is 2.65 bits per heavy atom. The molecule has 3 aliphatic carbocycles. The van der Waals surface area contributed by atoms with Crippen molar-refractivity contribution in [3.05, 3.63) is 59.2 Å². The van der Waals surface area contributed by atoms with Crippen LogP contribution in [0.15, 0.2) is 42.5 Å². The lowest BCUT2D eigenvalue weighted by atomic mass is 9.46. The topological polar surface area (TPSA) is 30.9 Å². The van der Waals surface area contributed by atoms with Gasteiger partial charge in [0.25, 0.3) is 0 Å². The molecule has 2 heterocycles. The van der Waals surface area contributed by atoms with E-state index in [1.807, 2.05) is 7.11 Å². The van der Waals surface area contributed by atoms with Crippen LogP contribution in [0.2, 0.25) is 0 Å². The zero-order valence-electron chi connectivity index (χ0n) is 20.8. The Bertz CT molecular complexity index is 1100. The van der Waals surface area contributed by atoms with E-state index >= 15 is 0 Å². The summed E-state index contributed by atoms with van der Waals surface area (Å²) >= 11 is 0. The van der Waals surface area contributed by atoms with E-state index in [2.05, 4.69) is 54.3 Å². The summed E-state index contributed by atoms with van der Waals surface area (Å²) in [4.78, 5) is 2.87. The molecule has 0 N–H and O–H groups in total. The minimum atomic E-state index is 0.0164. The van der Waals surface area contributed by atoms with E-state index in [9.17, 15) is 0 Å². The molecule has 3 unspecified atom stereocenters. The molecule has 1 saturated heterocycles. The Morgan fingerprint density at radius 1 is 1.09 bits per heavy atom. The molecule has 34 heavy (non-hydrogen) atoms. The van der Waals surface area contributed by atoms with E-state index in [4.69, 9.17) is 14.2 Å². The first-order chi connectivity index (χ1) is 16.6. The molecule has 1 spiro atoms. The van der Waals surface area contributed by atoms with Crippen molar-refractivity contribution in [3.63, 3.8) is 0 Å². The molecule has 4 heteroatoms. The molecule has 0 aromatic heterocycles. The lowest BCUT2D eigenvalue weighted by molar-refractivity contribution is -0.172. The number of hydrogen-bond donors (Lipinski definition) is 0. The van der Waals surface area contributed by atoms with Gasteiger partial charge in [-0.3, -0.25) is 4.90 Å². The molecule has 2 aromatic rings. The molecule has 4 nitrogen and oxygen atoms in total. The SMILES string of the molecule is COc1ccc2c3c1O[C@H]1C(OC)C(C)(Cc4ccccc4)CC4[C@@H](C2)N(CC2CC2)CC[C@@]341. The highest BCUT2D eigenvalue weighted by Gasteiger charge is 2.70. The molecular weight excluding hydrogens is 422 g/mol. The van der Waals surface area contributed by atoms with Crippen LogP contribution in [0.5, 0.6) is 11.5 Å². The Labute approximate surface area is 203 Å². The smallest absolute Gasteiger partial charge is 0.165 e. The van der Waals surface area contributed by atoms with Gasteiger partial charge in [-0.25, -0.2) is 0 Å². The predicted octanol–water partition coefficient (Wildman–Crippen LogP) is 5.02. The molecular formula is C30H37NO3. The van der Waals surface area contributed by atoms with Crippen LogP contribution >= 0.6 is 0 Å². The number of nitrogens with zero attached hydrogens (tertiary/aromatic N) is 1. The van der Waals surface area contributed by atoms with Gasteiger partial charge in [-0.15, -0.1) is 0 Å². The third-order valence-electron chi connectivity index (χ3n) is 10.0. The van der Waals surface area contributed by atoms with Gasteiger partial charge >= 0.3 is 0 Å². The fourth-order valence-corrected chi connectivity index (χ4v) is 8.51. The van der Waals surface area contributed by atoms with E-state index in [1.165, 1.54) is 55.5 Å². The highest BCUT2D eigenvalue weighted by atomic mass is 16.6. The summed E-state index contributed by atoms with van der Waals surface area (Å²) in [6.07, 6.45) is 7.43. The fraction of sp³-hybridized carbons (Fsp3) is 0.600. The Balaban J connectivity index is 1.37. The molecule has 2 aromatic carbocycles. The van der Waals surface area contributed by atoms with Crippen LogP contribution in [-0.4, -0.2) is 50.5 Å². The van der Waals surface area contributed by atoms with Gasteiger partial charge in [0.05, 0.1) is 7.11 Å². The summed E-state index contributed by atoms with van der Waals surface area (Å²) in [5.74, 6) is 3.41. The van der Waals surface area contributed by atoms with Crippen LogP contribution in [0, 0.1) is 17.3 Å². The molecule has 2 aliphatic heterocycles. The number of piperidine rings is 1. The van der Waals surface area contributed by atoms with Crippen molar-refractivity contribution in [3.8, 4) is 11.5 Å². The van der Waals surface area contributed by atoms with E-state index in [0.29, 0.717) is 12.0 Å². The van der Waals surface area contributed by atoms with Crippen molar-refractivity contribution in [1.82, 2.24) is 4.90 Å². The Kier molecular flexibility index (Phi) is 4.68. The Morgan fingerprint density at radius 2 is 1.91 bits per heavy atom. The molecule has 7 rings (SSSR count). The first-order valence-electron chi connectivity index (χ1n) is 13.2. The third kappa shape index (κ3) is 2.85. The summed E-state index contributed by atoms with van der Waals surface area (Å²) in [5, 5.41) is 0. The summed E-state index contributed by atoms with van der Waals surface area (Å²) in [5.41, 5.74) is 4.41. The molecule has 6 atom stereocenters. The van der Waals surface area contributed by atoms with Gasteiger partial charge < -0.3 is 14.2 Å². The number of methoxy groups -OCH3 is 2. The second-order valence-corrected chi connectivity index (χ2v) is 12.0. The zero-order chi connectivity index (χ0) is 23.1. The van der Waals surface area contributed by atoms with Crippen LogP contribution in [0.25, 0.3) is 0 Å². The van der Waals surface area contributed by atoms with Crippen molar-refractivity contribution >= 4 is 0 Å². The molecule has 2 saturated carbocycles. The fourth-order valence-electron chi connectivity index (χ4n) is 8.51. The largest absolute Gasteiger partial charge is 0.493 e. The van der Waals surface area contributed by atoms with Crippen molar-refractivity contribution in [2.45, 2.75) is 69.1 Å². The molecule has 3 fully saturated rings. The summed E-state index contributed by atoms with van der Waals surface area (Å²) < 4.78 is 19.2. The monoisotopic (exact) mass is 459 g/mol. The minimum absolute atomic E-state index is 0.0164. The number of rotatable bonds is 6. The summed E-state index contributed by atoms with van der Waals surface area (Å²) in [6, 6.07) is 16.0. The third-order valence-corrected chi connectivity index (χ3v) is 10.0. The van der Waals surface area contributed by atoms with Gasteiger partial charge in [0.1, 0.15) is 12.2 Å². The van der Waals surface area contributed by atoms with Crippen LogP contribution in [0.1, 0.15) is 49.3 Å². The number of likely N-dealkylation sites (tertiary alicyclic amines) is 1. The van der Waals surface area contributed by atoms with Crippen LogP contribution in [0.4, 0.5) is 0 Å². The van der Waals surface area contributed by atoms with Gasteiger partial charge in [0.2, 0.25) is 0 Å². The highest BCUT2D eigenvalue weighted by Crippen LogP contribution is 2.67. The zero-order valence-corrected chi connectivity index (χ0v) is 20.8. The van der Waals surface area contributed by atoms with Crippen molar-refractivity contribution in [1.29, 1.82) is 0 Å². The normalized spacial score (nSPS) is 37.7. The van der Waals surface area contributed by atoms with Crippen molar-refractivity contribution in [2.24, 2.45) is 17.3 Å². The van der Waals surface area contributed by atoms with E-state index in [1.54, 1.807) is 7.11 Å². The first kappa shape index (κ1) is 21.3. The van der Waals surface area contributed by atoms with Gasteiger partial charge in [-0.2, -0.15) is 0 Å². The standard InChI is InChI=1S/C30H37NO3/c1-29(16-19-7-5-4-6-8-19)17-22-23-15-21-11-12-24(32-2)26-25(21)30(22,28(34-26)27(29)33-3)13-14-31(23)18-20-9-10-20/h4-8,11-12,20,22-23,27-28H,9-10,13-18H2,1-3H3/t22?,23-,27?,28+,29?,30+/m1/s1. The lowest BCUT2D eigenvalue weighted by Gasteiger charge is -2.63. The number of benzene rings is 2. The molecule has 5 aliphatic rings. The van der Waals surface area contributed by atoms with Gasteiger partial charge in [-0.1, -0.05) is 43.3 Å². The van der Waals surface area contributed by atoms with E-state index in [-0.39, 0.29) is 23.0 Å². The quantitative estimate of drug-likeness (QED) is 0.607. The van der Waals surface area contributed by atoms with Gasteiger partial charge in [0.15, 0.2) is 11.5 Å². The second-order valence-electron chi connectivity index (χ2n) is 12.0. The van der Waals surface area contributed by atoms with E-state index in [0.717, 1.165) is 30.3 Å². The molecule has 0 amide bonds. The maximum Gasteiger partial charge on any atom is 0.165 e. The van der Waals surface area contributed by atoms with Gasteiger partial charge in [0, 0.05) is 36.1 Å². The van der Waals surface area contributed by atoms with Crippen molar-refractivity contribution in [2.75, 3.05) is 27.3 Å². The minimum Gasteiger partial charge on any atom is -0.493 e. The van der Waals surface area contributed by atoms with E-state index < -0.39 is 0 Å². The lowest BCUT2D eigenvalue weighted by Crippen LogP contribution is -2.71. The van der Waals surface area contributed by atoms with Crippen LogP contribution < -0.4 is 9.47 Å². The molecule has 2 bridgehead atoms. The molecule has 0 radical (unpaired) electrons. The first-order valence-corrected chi connectivity index (χ1v) is 13.2.